The zero-order valence-corrected chi connectivity index (χ0v) is 28.5. The fourth-order valence-electron chi connectivity index (χ4n) is 8.87. The summed E-state index contributed by atoms with van der Waals surface area (Å²) >= 11 is 6.09. The van der Waals surface area contributed by atoms with Crippen molar-refractivity contribution in [3.8, 4) is 11.5 Å². The molecule has 1 aromatic heterocycles. The third-order valence-electron chi connectivity index (χ3n) is 11.3. The number of ether oxygens (including phenoxy) is 2. The van der Waals surface area contributed by atoms with Gasteiger partial charge in [-0.3, -0.25) is 9.69 Å². The molecule has 0 saturated carbocycles. The molecule has 0 unspecified atom stereocenters. The second-order valence-electron chi connectivity index (χ2n) is 13.8. The first-order chi connectivity index (χ1) is 23.1. The number of fused-ring (bicyclic) bond motifs is 4. The molecule has 3 saturated heterocycles. The van der Waals surface area contributed by atoms with Crippen LogP contribution >= 0.6 is 11.6 Å². The molecule has 252 valence electrons. The molecule has 3 fully saturated rings. The Balaban J connectivity index is 1.01. The van der Waals surface area contributed by atoms with Gasteiger partial charge in [-0.15, -0.1) is 0 Å². The summed E-state index contributed by atoms with van der Waals surface area (Å²) in [5, 5.41) is 5.36. The summed E-state index contributed by atoms with van der Waals surface area (Å²) < 4.78 is 38.0. The third-order valence-corrected chi connectivity index (χ3v) is 12.7. The summed E-state index contributed by atoms with van der Waals surface area (Å²) in [7, 11) is -4.06. The van der Waals surface area contributed by atoms with Crippen molar-refractivity contribution in [2.75, 3.05) is 26.4 Å². The number of aromatic nitrogens is 2. The monoisotopic (exact) mass is 689 g/mol. The minimum atomic E-state index is -4.06. The van der Waals surface area contributed by atoms with Crippen LogP contribution in [0.25, 0.3) is 11.0 Å². The summed E-state index contributed by atoms with van der Waals surface area (Å²) in [5.41, 5.74) is 3.62. The van der Waals surface area contributed by atoms with Crippen LogP contribution in [-0.4, -0.2) is 72.2 Å². The molecule has 2 bridgehead atoms. The number of sulfonamides is 1. The molecule has 4 aromatic rings. The second-order valence-corrected chi connectivity index (χ2v) is 15.8. The van der Waals surface area contributed by atoms with Crippen LogP contribution in [0.2, 0.25) is 5.02 Å². The van der Waals surface area contributed by atoms with Crippen molar-refractivity contribution in [1.82, 2.24) is 19.4 Å². The lowest BCUT2D eigenvalue weighted by atomic mass is 9.70. The van der Waals surface area contributed by atoms with E-state index in [2.05, 4.69) is 52.8 Å². The number of carbonyl (C=O) groups is 1. The number of primary sulfonamides is 1. The topological polar surface area (TPSA) is 120 Å². The van der Waals surface area contributed by atoms with E-state index >= 15 is 0 Å². The van der Waals surface area contributed by atoms with Gasteiger partial charge in [-0.25, -0.2) is 18.5 Å². The minimum Gasteiger partial charge on any atom is -0.454 e. The molecule has 0 spiro atoms. The van der Waals surface area contributed by atoms with Crippen LogP contribution in [-0.2, 0) is 15.4 Å². The highest BCUT2D eigenvalue weighted by molar-refractivity contribution is 7.89. The number of nitrogens with two attached hydrogens (primary N) is 1. The molecule has 3 aromatic carbocycles. The number of hydrogen-bond acceptors (Lipinski definition) is 7. The number of piperidine rings is 2. The maximum Gasteiger partial charge on any atom is 0.253 e. The number of carbonyl (C=O) groups excluding carboxylic acids is 1. The number of likely N-dealkylation sites (tertiary alicyclic amines) is 1. The first-order valence-electron chi connectivity index (χ1n) is 16.8. The fourth-order valence-corrected chi connectivity index (χ4v) is 9.95. The van der Waals surface area contributed by atoms with Gasteiger partial charge >= 0.3 is 0 Å². The maximum atomic E-state index is 13.6. The van der Waals surface area contributed by atoms with Gasteiger partial charge in [-0.2, -0.15) is 0 Å². The molecule has 4 aliphatic heterocycles. The summed E-state index contributed by atoms with van der Waals surface area (Å²) in [6.07, 6.45) is 7.20. The van der Waals surface area contributed by atoms with Gasteiger partial charge in [0, 0.05) is 42.2 Å². The number of rotatable bonds is 7. The molecule has 10 nitrogen and oxygen atoms in total. The van der Waals surface area contributed by atoms with E-state index in [1.165, 1.54) is 36.1 Å². The van der Waals surface area contributed by atoms with Gasteiger partial charge in [0.25, 0.3) is 5.91 Å². The number of aryl methyl sites for hydroxylation is 1. The lowest BCUT2D eigenvalue weighted by molar-refractivity contribution is 0.0606. The van der Waals surface area contributed by atoms with Crippen LogP contribution < -0.4 is 14.6 Å². The quantitative estimate of drug-likeness (QED) is 0.260. The highest BCUT2D eigenvalue weighted by Crippen LogP contribution is 2.47. The predicted octanol–water partition coefficient (Wildman–Crippen LogP) is 5.81. The maximum absolute atomic E-state index is 13.6. The predicted molar refractivity (Wildman–Crippen MR) is 183 cm³/mol. The third kappa shape index (κ3) is 5.54. The van der Waals surface area contributed by atoms with Gasteiger partial charge in [-0.1, -0.05) is 29.8 Å². The SMILES string of the molecule is Cc1nc2ccccc2n1[C@H]1C[C@H]2CC[C@@H](C1)N2CCC1(c2ccc3c(c2)OCO3)CCN(C(=O)c2ccc(Cl)c(S(N)(=O)=O)c2)CC1. The first-order valence-corrected chi connectivity index (χ1v) is 18.7. The number of hydrogen-bond donors (Lipinski definition) is 1. The number of halogens is 1. The first kappa shape index (κ1) is 31.6. The number of amides is 1. The Bertz CT molecular complexity index is 1990. The van der Waals surface area contributed by atoms with Crippen molar-refractivity contribution < 1.29 is 22.7 Å². The molecule has 0 aliphatic carbocycles. The van der Waals surface area contributed by atoms with E-state index < -0.39 is 10.0 Å². The molecule has 12 heteroatoms. The van der Waals surface area contributed by atoms with Crippen LogP contribution in [0.1, 0.15) is 72.7 Å². The van der Waals surface area contributed by atoms with Gasteiger partial charge in [0.2, 0.25) is 16.8 Å². The van der Waals surface area contributed by atoms with Crippen LogP contribution in [0.5, 0.6) is 11.5 Å². The molecule has 3 atom stereocenters. The Morgan fingerprint density at radius 3 is 2.46 bits per heavy atom. The van der Waals surface area contributed by atoms with E-state index in [0.29, 0.717) is 31.2 Å². The van der Waals surface area contributed by atoms with Crippen molar-refractivity contribution >= 4 is 38.6 Å². The zero-order chi connectivity index (χ0) is 33.2. The number of para-hydroxylation sites is 2. The van der Waals surface area contributed by atoms with Crippen molar-refractivity contribution in [3.63, 3.8) is 0 Å². The second kappa shape index (κ2) is 12.0. The van der Waals surface area contributed by atoms with Crippen molar-refractivity contribution in [2.24, 2.45) is 5.14 Å². The highest BCUT2D eigenvalue weighted by Gasteiger charge is 2.44. The molecule has 48 heavy (non-hydrogen) atoms. The lowest BCUT2D eigenvalue weighted by Gasteiger charge is -2.45. The summed E-state index contributed by atoms with van der Waals surface area (Å²) in [6.45, 7) is 4.43. The molecule has 0 radical (unpaired) electrons. The molecular formula is C36H40ClN5O5S. The molecule has 4 aliphatic rings. The average molecular weight is 690 g/mol. The summed E-state index contributed by atoms with van der Waals surface area (Å²) in [6, 6.07) is 20.5. The number of nitrogens with zero attached hydrogens (tertiary/aromatic N) is 4. The molecule has 8 rings (SSSR count). The van der Waals surface area contributed by atoms with Gasteiger partial charge in [0.05, 0.1) is 16.1 Å². The van der Waals surface area contributed by atoms with E-state index in [1.807, 2.05) is 11.0 Å². The molecule has 2 N–H and O–H groups in total. The standard InChI is InChI=1S/C36H40ClN5O5S/c1-23-39-30-4-2-3-5-31(30)42(23)28-20-26-8-9-27(21-28)41(26)17-14-36(25-7-11-32-33(19-25)47-22-46-32)12-15-40(16-13-36)35(43)24-6-10-29(37)34(18-24)48(38,44)45/h2-7,10-11,18-19,26-28H,8-9,12-17,20-22H2,1H3,(H2,38,44,45)/t26-,27+,28+. The van der Waals surface area contributed by atoms with Gasteiger partial charge in [0.1, 0.15) is 10.7 Å². The van der Waals surface area contributed by atoms with Crippen LogP contribution in [0.4, 0.5) is 0 Å². The molecule has 5 heterocycles. The van der Waals surface area contributed by atoms with Gasteiger partial charge < -0.3 is 18.9 Å². The largest absolute Gasteiger partial charge is 0.454 e. The smallest absolute Gasteiger partial charge is 0.253 e. The molecular weight excluding hydrogens is 650 g/mol. The Labute approximate surface area is 285 Å². The van der Waals surface area contributed by atoms with E-state index in [-0.39, 0.29) is 33.6 Å². The average Bonchev–Trinajstić information content (AvgIpc) is 3.75. The van der Waals surface area contributed by atoms with Crippen molar-refractivity contribution in [3.05, 3.63) is 82.6 Å². The Kier molecular flexibility index (Phi) is 7.94. The van der Waals surface area contributed by atoms with E-state index in [9.17, 15) is 13.2 Å². The van der Waals surface area contributed by atoms with Gasteiger partial charge in [0.15, 0.2) is 11.5 Å². The molecule has 1 amide bonds. The highest BCUT2D eigenvalue weighted by atomic mass is 35.5. The lowest BCUT2D eigenvalue weighted by Crippen LogP contribution is -2.49. The minimum absolute atomic E-state index is 0.000955. The van der Waals surface area contributed by atoms with E-state index in [0.717, 1.165) is 61.5 Å². The Morgan fingerprint density at radius 2 is 1.71 bits per heavy atom. The zero-order valence-electron chi connectivity index (χ0n) is 27.0. The van der Waals surface area contributed by atoms with Crippen molar-refractivity contribution in [1.29, 1.82) is 0 Å². The van der Waals surface area contributed by atoms with E-state index in [4.69, 9.17) is 31.2 Å². The summed E-state index contributed by atoms with van der Waals surface area (Å²) in [4.78, 5) is 22.8. The van der Waals surface area contributed by atoms with Crippen LogP contribution in [0.15, 0.2) is 65.6 Å². The fraction of sp³-hybridized carbons (Fsp3) is 0.444. The Morgan fingerprint density at radius 1 is 0.979 bits per heavy atom. The van der Waals surface area contributed by atoms with Crippen LogP contribution in [0, 0.1) is 6.92 Å². The normalized spacial score (nSPS) is 23.6. The van der Waals surface area contributed by atoms with Crippen LogP contribution in [0.3, 0.4) is 0 Å². The van der Waals surface area contributed by atoms with E-state index in [1.54, 1.807) is 6.07 Å². The van der Waals surface area contributed by atoms with Gasteiger partial charge in [-0.05, 0) is 106 Å². The summed E-state index contributed by atoms with van der Waals surface area (Å²) in [5.74, 6) is 2.40. The van der Waals surface area contributed by atoms with Crippen molar-refractivity contribution in [2.45, 2.75) is 80.3 Å². The Hall–Kier alpha value is -3.64. The number of benzene rings is 3. The number of imidazole rings is 1.